The predicted octanol–water partition coefficient (Wildman–Crippen LogP) is -0.0253. The van der Waals surface area contributed by atoms with Crippen molar-refractivity contribution in [3.63, 3.8) is 0 Å². The lowest BCUT2D eigenvalue weighted by molar-refractivity contribution is -0.778. The fraction of sp³-hybridized carbons (Fsp3) is 0.550. The maximum atomic E-state index is 11.3. The molecular weight excluding hydrogens is 424 g/mol. The van der Waals surface area contributed by atoms with Gasteiger partial charge in [0.1, 0.15) is 13.2 Å². The van der Waals surface area contributed by atoms with Crippen molar-refractivity contribution in [1.29, 1.82) is 0 Å². The van der Waals surface area contributed by atoms with Gasteiger partial charge in [-0.2, -0.15) is 5.10 Å². The fourth-order valence-corrected chi connectivity index (χ4v) is 2.49. The van der Waals surface area contributed by atoms with Gasteiger partial charge in [-0.15, -0.1) is 6.42 Å². The summed E-state index contributed by atoms with van der Waals surface area (Å²) in [5.74, 6) is 0.454. The van der Waals surface area contributed by atoms with Crippen LogP contribution >= 0.6 is 0 Å². The smallest absolute Gasteiger partial charge is 0.384 e. The highest BCUT2D eigenvalue weighted by molar-refractivity contribution is 5.87. The Morgan fingerprint density at radius 2 is 1.97 bits per heavy atom. The van der Waals surface area contributed by atoms with Gasteiger partial charge in [0.2, 0.25) is 0 Å². The van der Waals surface area contributed by atoms with Crippen LogP contribution in [0.25, 0.3) is 0 Å². The number of carbonyl (C=O) groups is 2. The van der Waals surface area contributed by atoms with Gasteiger partial charge in [-0.05, 0) is 19.9 Å². The summed E-state index contributed by atoms with van der Waals surface area (Å²) in [6, 6.07) is 1.72. The van der Waals surface area contributed by atoms with Crippen molar-refractivity contribution in [2.75, 3.05) is 26.4 Å². The highest BCUT2D eigenvalue weighted by Crippen LogP contribution is 2.11. The summed E-state index contributed by atoms with van der Waals surface area (Å²) < 4.78 is 27.1. The molecule has 0 unspecified atom stereocenters. The number of terminal acetylenes is 1. The quantitative estimate of drug-likeness (QED) is 0.270. The average molecular weight is 452 g/mol. The Labute approximate surface area is 186 Å². The van der Waals surface area contributed by atoms with E-state index in [4.69, 9.17) is 14.2 Å². The van der Waals surface area contributed by atoms with Crippen LogP contribution in [-0.4, -0.2) is 53.4 Å². The Morgan fingerprint density at radius 1 is 1.25 bits per heavy atom. The molecule has 2 aliphatic heterocycles. The molecule has 12 heteroatoms. The molecule has 0 aliphatic carbocycles. The van der Waals surface area contributed by atoms with E-state index in [0.29, 0.717) is 64.1 Å². The van der Waals surface area contributed by atoms with Crippen LogP contribution in [0.2, 0.25) is 0 Å². The first-order valence-corrected chi connectivity index (χ1v) is 9.58. The number of hydrogen-bond acceptors (Lipinski definition) is 10. The zero-order valence-corrected chi connectivity index (χ0v) is 17.4. The van der Waals surface area contributed by atoms with E-state index in [9.17, 15) is 14.7 Å². The Hall–Kier alpha value is -3.43. The van der Waals surface area contributed by atoms with Gasteiger partial charge < -0.3 is 28.6 Å². The highest BCUT2D eigenvalue weighted by Gasteiger charge is 2.21. The third-order valence-corrected chi connectivity index (χ3v) is 3.89. The fourth-order valence-electron chi connectivity index (χ4n) is 2.49. The van der Waals surface area contributed by atoms with Crippen molar-refractivity contribution in [2.45, 2.75) is 47.6 Å². The molecule has 0 radical (unpaired) electrons. The van der Waals surface area contributed by atoms with E-state index in [1.165, 1.54) is 4.68 Å². The Bertz CT molecular complexity index is 892. The number of fused-ring (bicyclic) bond motifs is 2. The molecule has 32 heavy (non-hydrogen) atoms. The number of esters is 2. The normalized spacial score (nSPS) is 13.3. The average Bonchev–Trinajstić information content (AvgIpc) is 3.39. The summed E-state index contributed by atoms with van der Waals surface area (Å²) in [7, 11) is 0. The van der Waals surface area contributed by atoms with Crippen LogP contribution in [0, 0.1) is 12.3 Å². The number of aromatic nitrogens is 4. The second kappa shape index (κ2) is 13.8. The lowest BCUT2D eigenvalue weighted by Crippen LogP contribution is -2.45. The van der Waals surface area contributed by atoms with Crippen LogP contribution < -0.4 is 9.79 Å². The van der Waals surface area contributed by atoms with Gasteiger partial charge in [0.15, 0.2) is 18.2 Å². The monoisotopic (exact) mass is 452 g/mol. The van der Waals surface area contributed by atoms with E-state index in [-0.39, 0.29) is 19.3 Å². The molecule has 0 spiro atoms. The zero-order chi connectivity index (χ0) is 22.6. The van der Waals surface area contributed by atoms with E-state index in [2.05, 4.69) is 26.1 Å². The maximum absolute atomic E-state index is 11.3. The minimum Gasteiger partial charge on any atom is -0.539 e. The minimum atomic E-state index is -0.595. The van der Waals surface area contributed by atoms with Crippen LogP contribution in [-0.2, 0) is 50.0 Å². The molecule has 0 atom stereocenters. The summed E-state index contributed by atoms with van der Waals surface area (Å²) in [6.45, 7) is 7.61. The van der Waals surface area contributed by atoms with E-state index in [0.717, 1.165) is 5.69 Å². The third kappa shape index (κ3) is 7.68. The SMILES string of the molecule is C.C#CC(=O)OCC.CCOC(=O)c1cc2n(n1)CCOC2.[O-]c1on[n+]2c1COCC2. The molecule has 4 heterocycles. The van der Waals surface area contributed by atoms with Crippen molar-refractivity contribution in [2.24, 2.45) is 0 Å². The van der Waals surface area contributed by atoms with Crippen molar-refractivity contribution in [3.8, 4) is 18.3 Å². The minimum absolute atomic E-state index is 0. The second-order valence-electron chi connectivity index (χ2n) is 5.96. The molecule has 0 fully saturated rings. The largest absolute Gasteiger partial charge is 0.539 e. The molecule has 0 bridgehead atoms. The first-order valence-electron chi connectivity index (χ1n) is 9.58. The molecule has 0 aromatic carbocycles. The Morgan fingerprint density at radius 3 is 2.56 bits per heavy atom. The number of hydrogen-bond donors (Lipinski definition) is 0. The lowest BCUT2D eigenvalue weighted by atomic mass is 10.3. The Kier molecular flexibility index (Phi) is 11.5. The molecule has 0 amide bonds. The predicted molar refractivity (Wildman–Crippen MR) is 106 cm³/mol. The molecule has 2 aliphatic rings. The molecule has 4 rings (SSSR count). The summed E-state index contributed by atoms with van der Waals surface area (Å²) in [5, 5.41) is 18.4. The molecule has 12 nitrogen and oxygen atoms in total. The first kappa shape index (κ1) is 26.6. The van der Waals surface area contributed by atoms with E-state index in [1.54, 1.807) is 30.5 Å². The van der Waals surface area contributed by atoms with Gasteiger partial charge in [0.25, 0.3) is 5.69 Å². The molecule has 0 saturated carbocycles. The molecular formula is C20H28N4O8. The number of carbonyl (C=O) groups excluding carboxylic acids is 2. The van der Waals surface area contributed by atoms with Crippen molar-refractivity contribution < 1.29 is 42.8 Å². The Balaban J connectivity index is 0.000000252. The summed E-state index contributed by atoms with van der Waals surface area (Å²) in [5.41, 5.74) is 1.80. The van der Waals surface area contributed by atoms with Gasteiger partial charge in [-0.1, -0.05) is 12.1 Å². The highest BCUT2D eigenvalue weighted by atomic mass is 16.6. The van der Waals surface area contributed by atoms with Crippen LogP contribution in [0.5, 0.6) is 5.95 Å². The van der Waals surface area contributed by atoms with E-state index >= 15 is 0 Å². The van der Waals surface area contributed by atoms with Crippen molar-refractivity contribution in [3.05, 3.63) is 23.1 Å². The van der Waals surface area contributed by atoms with Crippen molar-refractivity contribution >= 4 is 11.9 Å². The van der Waals surface area contributed by atoms with Gasteiger partial charge in [0, 0.05) is 5.92 Å². The van der Waals surface area contributed by atoms with E-state index < -0.39 is 5.97 Å². The van der Waals surface area contributed by atoms with Gasteiger partial charge in [0.05, 0.1) is 43.9 Å². The molecule has 176 valence electrons. The van der Waals surface area contributed by atoms with Gasteiger partial charge in [-0.3, -0.25) is 4.68 Å². The van der Waals surface area contributed by atoms with Gasteiger partial charge >= 0.3 is 11.9 Å². The standard InChI is InChI=1S/C9H12N2O3.C5H6N2O3.C5H6O2.CH4/c1-2-14-9(12)8-5-7-6-13-4-3-11(7)10-8;8-5-4-3-9-2-1-7(4)6-10-5;1-3-5(6)7-4-2;/h5H,2-4,6H2,1H3;1-3H2;1H,4H2,2H3;1H4. The summed E-state index contributed by atoms with van der Waals surface area (Å²) in [6.07, 6.45) is 4.63. The van der Waals surface area contributed by atoms with Crippen LogP contribution in [0.4, 0.5) is 0 Å². The summed E-state index contributed by atoms with van der Waals surface area (Å²) in [4.78, 5) is 21.3. The second-order valence-corrected chi connectivity index (χ2v) is 5.96. The maximum Gasteiger partial charge on any atom is 0.384 e. The van der Waals surface area contributed by atoms with Crippen molar-refractivity contribution in [1.82, 2.24) is 15.1 Å². The molecule has 0 N–H and O–H groups in total. The van der Waals surface area contributed by atoms with Crippen LogP contribution in [0.3, 0.4) is 0 Å². The van der Waals surface area contributed by atoms with Gasteiger partial charge in [-0.25, -0.2) is 9.59 Å². The topological polar surface area (TPSA) is 142 Å². The number of ether oxygens (including phenoxy) is 4. The van der Waals surface area contributed by atoms with Crippen LogP contribution in [0.15, 0.2) is 10.6 Å². The third-order valence-electron chi connectivity index (χ3n) is 3.89. The van der Waals surface area contributed by atoms with E-state index in [1.807, 2.05) is 0 Å². The van der Waals surface area contributed by atoms with Crippen LogP contribution in [0.1, 0.15) is 43.2 Å². The molecule has 0 saturated heterocycles. The zero-order valence-electron chi connectivity index (χ0n) is 17.4. The molecule has 2 aromatic rings. The summed E-state index contributed by atoms with van der Waals surface area (Å²) >= 11 is 0. The number of rotatable bonds is 3. The first-order chi connectivity index (χ1) is 15.0. The molecule has 2 aromatic heterocycles. The lowest BCUT2D eigenvalue weighted by Gasteiger charge is -2.12. The number of nitrogens with zero attached hydrogens (tertiary/aromatic N) is 4.